The zero-order valence-corrected chi connectivity index (χ0v) is 27.4. The average Bonchev–Trinajstić information content (AvgIpc) is 3.15. The Morgan fingerprint density at radius 2 is 0.854 bits per heavy atom. The van der Waals surface area contributed by atoms with Crippen molar-refractivity contribution in [2.24, 2.45) is 0 Å². The molecule has 0 heterocycles. The molecule has 232 valence electrons. The van der Waals surface area contributed by atoms with Crippen LogP contribution in [0.15, 0.2) is 176 Å². The highest BCUT2D eigenvalue weighted by Gasteiger charge is 2.19. The van der Waals surface area contributed by atoms with Crippen molar-refractivity contribution in [1.29, 1.82) is 0 Å². The molecule has 2 heteroatoms. The molecule has 0 amide bonds. The Bertz CT molecular complexity index is 2340. The number of benzene rings is 8. The van der Waals surface area contributed by atoms with E-state index in [9.17, 15) is 0 Å². The van der Waals surface area contributed by atoms with Crippen molar-refractivity contribution in [3.8, 4) is 0 Å². The first kappa shape index (κ1) is 29.5. The molecule has 0 N–H and O–H groups in total. The van der Waals surface area contributed by atoms with Gasteiger partial charge >= 0.3 is 0 Å². The normalized spacial score (nSPS) is 12.0. The Morgan fingerprint density at radius 3 is 1.48 bits per heavy atom. The van der Waals surface area contributed by atoms with E-state index in [4.69, 9.17) is 0 Å². The number of fused-ring (bicyclic) bond motifs is 3. The molecule has 0 bridgehead atoms. The summed E-state index contributed by atoms with van der Waals surface area (Å²) < 4.78 is 0. The molecule has 2 nitrogen and oxygen atoms in total. The average molecular weight is 619 g/mol. The van der Waals surface area contributed by atoms with Gasteiger partial charge in [-0.05, 0) is 112 Å². The lowest BCUT2D eigenvalue weighted by Gasteiger charge is -2.30. The van der Waals surface area contributed by atoms with Gasteiger partial charge in [0, 0.05) is 33.5 Å². The van der Waals surface area contributed by atoms with Gasteiger partial charge in [-0.1, -0.05) is 117 Å². The summed E-state index contributed by atoms with van der Waals surface area (Å²) in [5.74, 6) is 0.528. The number of hydrogen-bond acceptors (Lipinski definition) is 2. The minimum atomic E-state index is 0.528. The fraction of sp³-hybridized carbons (Fsp3) is 0.0870. The Kier molecular flexibility index (Phi) is 7.84. The minimum absolute atomic E-state index is 0.528. The first-order valence-electron chi connectivity index (χ1n) is 16.9. The molecule has 0 saturated heterocycles. The summed E-state index contributed by atoms with van der Waals surface area (Å²) >= 11 is 0. The van der Waals surface area contributed by atoms with Gasteiger partial charge in [-0.2, -0.15) is 0 Å². The van der Waals surface area contributed by atoms with Gasteiger partial charge < -0.3 is 9.80 Å². The molecule has 0 fully saturated rings. The van der Waals surface area contributed by atoms with E-state index in [-0.39, 0.29) is 0 Å². The standard InChI is InChI=1S/C46H38N2/c1-3-33(2)34-23-25-40(26-24-34)48(45-21-11-16-35-13-9-10-20-43(35)45)42-29-27-41(28-30-42)47(39-18-5-4-6-19-39)46-22-12-17-38-31-36-14-7-8-15-37(36)32-44(38)46/h4-33H,3H2,1-2H3. The Labute approximate surface area is 283 Å². The van der Waals surface area contributed by atoms with Crippen LogP contribution in [0, 0.1) is 0 Å². The van der Waals surface area contributed by atoms with Crippen LogP contribution in [0.25, 0.3) is 32.3 Å². The fourth-order valence-electron chi connectivity index (χ4n) is 6.92. The first-order valence-corrected chi connectivity index (χ1v) is 16.9. The molecule has 0 aliphatic carbocycles. The quantitative estimate of drug-likeness (QED) is 0.156. The molecule has 1 unspecified atom stereocenters. The van der Waals surface area contributed by atoms with Crippen molar-refractivity contribution in [2.45, 2.75) is 26.2 Å². The van der Waals surface area contributed by atoms with Crippen LogP contribution in [0.4, 0.5) is 34.1 Å². The molecular weight excluding hydrogens is 581 g/mol. The summed E-state index contributed by atoms with van der Waals surface area (Å²) in [6.07, 6.45) is 1.12. The molecule has 8 aromatic carbocycles. The summed E-state index contributed by atoms with van der Waals surface area (Å²) in [7, 11) is 0. The second-order valence-corrected chi connectivity index (χ2v) is 12.6. The topological polar surface area (TPSA) is 6.48 Å². The predicted octanol–water partition coefficient (Wildman–Crippen LogP) is 13.6. The van der Waals surface area contributed by atoms with E-state index in [2.05, 4.69) is 200 Å². The molecule has 0 spiro atoms. The Hall–Kier alpha value is -5.86. The molecule has 0 aromatic heterocycles. The third-order valence-corrected chi connectivity index (χ3v) is 9.69. The zero-order chi connectivity index (χ0) is 32.5. The first-order chi connectivity index (χ1) is 23.7. The maximum atomic E-state index is 2.39. The van der Waals surface area contributed by atoms with Crippen LogP contribution in [0.1, 0.15) is 31.7 Å². The highest BCUT2D eigenvalue weighted by molar-refractivity contribution is 6.06. The lowest BCUT2D eigenvalue weighted by atomic mass is 9.98. The monoisotopic (exact) mass is 618 g/mol. The second kappa shape index (κ2) is 12.7. The van der Waals surface area contributed by atoms with Crippen molar-refractivity contribution in [3.05, 3.63) is 181 Å². The summed E-state index contributed by atoms with van der Waals surface area (Å²) in [6, 6.07) is 63.9. The molecule has 0 radical (unpaired) electrons. The Balaban J connectivity index is 1.27. The van der Waals surface area contributed by atoms with E-state index < -0.39 is 0 Å². The van der Waals surface area contributed by atoms with Gasteiger partial charge in [-0.3, -0.25) is 0 Å². The predicted molar refractivity (Wildman–Crippen MR) is 207 cm³/mol. The van der Waals surface area contributed by atoms with E-state index >= 15 is 0 Å². The van der Waals surface area contributed by atoms with Crippen LogP contribution in [-0.4, -0.2) is 0 Å². The Morgan fingerprint density at radius 1 is 0.396 bits per heavy atom. The number of hydrogen-bond donors (Lipinski definition) is 0. The van der Waals surface area contributed by atoms with Gasteiger partial charge in [-0.15, -0.1) is 0 Å². The SMILES string of the molecule is CCC(C)c1ccc(N(c2ccc(N(c3ccccc3)c3cccc4cc5ccccc5cc34)cc2)c2cccc3ccccc23)cc1. The summed E-state index contributed by atoms with van der Waals surface area (Å²) in [5.41, 5.74) is 8.18. The lowest BCUT2D eigenvalue weighted by Crippen LogP contribution is -2.13. The van der Waals surface area contributed by atoms with Gasteiger partial charge in [0.05, 0.1) is 11.4 Å². The van der Waals surface area contributed by atoms with E-state index in [1.165, 1.54) is 37.9 Å². The lowest BCUT2D eigenvalue weighted by molar-refractivity contribution is 0.733. The van der Waals surface area contributed by atoms with Crippen molar-refractivity contribution >= 4 is 66.4 Å². The van der Waals surface area contributed by atoms with Gasteiger partial charge in [0.15, 0.2) is 0 Å². The molecular formula is C46H38N2. The van der Waals surface area contributed by atoms with Crippen LogP contribution in [-0.2, 0) is 0 Å². The molecule has 0 aliphatic rings. The summed E-state index contributed by atoms with van der Waals surface area (Å²) in [4.78, 5) is 4.77. The van der Waals surface area contributed by atoms with Crippen LogP contribution in [0.3, 0.4) is 0 Å². The minimum Gasteiger partial charge on any atom is -0.310 e. The van der Waals surface area contributed by atoms with E-state index in [1.54, 1.807) is 0 Å². The third-order valence-electron chi connectivity index (χ3n) is 9.69. The number of anilines is 6. The van der Waals surface area contributed by atoms with E-state index in [0.717, 1.165) is 40.5 Å². The highest BCUT2D eigenvalue weighted by atomic mass is 15.2. The fourth-order valence-corrected chi connectivity index (χ4v) is 6.92. The van der Waals surface area contributed by atoms with Gasteiger partial charge in [0.1, 0.15) is 0 Å². The van der Waals surface area contributed by atoms with Crippen molar-refractivity contribution in [1.82, 2.24) is 0 Å². The second-order valence-electron chi connectivity index (χ2n) is 12.6. The molecule has 0 aliphatic heterocycles. The van der Waals surface area contributed by atoms with E-state index in [1.807, 2.05) is 0 Å². The van der Waals surface area contributed by atoms with Gasteiger partial charge in [-0.25, -0.2) is 0 Å². The van der Waals surface area contributed by atoms with E-state index in [0.29, 0.717) is 5.92 Å². The molecule has 1 atom stereocenters. The third kappa shape index (κ3) is 5.46. The van der Waals surface area contributed by atoms with Gasteiger partial charge in [0.25, 0.3) is 0 Å². The van der Waals surface area contributed by atoms with Crippen molar-refractivity contribution in [3.63, 3.8) is 0 Å². The molecule has 0 saturated carbocycles. The number of rotatable bonds is 8. The molecule has 8 aromatic rings. The van der Waals surface area contributed by atoms with Gasteiger partial charge in [0.2, 0.25) is 0 Å². The summed E-state index contributed by atoms with van der Waals surface area (Å²) in [5, 5.41) is 7.40. The number of para-hydroxylation sites is 1. The van der Waals surface area contributed by atoms with Crippen LogP contribution in [0.2, 0.25) is 0 Å². The van der Waals surface area contributed by atoms with Crippen molar-refractivity contribution < 1.29 is 0 Å². The highest BCUT2D eigenvalue weighted by Crippen LogP contribution is 2.43. The molecule has 48 heavy (non-hydrogen) atoms. The van der Waals surface area contributed by atoms with Crippen LogP contribution < -0.4 is 9.80 Å². The summed E-state index contributed by atoms with van der Waals surface area (Å²) in [6.45, 7) is 4.55. The number of nitrogens with zero attached hydrogens (tertiary/aromatic N) is 2. The maximum absolute atomic E-state index is 2.39. The van der Waals surface area contributed by atoms with Crippen molar-refractivity contribution in [2.75, 3.05) is 9.80 Å². The maximum Gasteiger partial charge on any atom is 0.0540 e. The van der Waals surface area contributed by atoms with Crippen LogP contribution in [0.5, 0.6) is 0 Å². The van der Waals surface area contributed by atoms with Crippen LogP contribution >= 0.6 is 0 Å². The smallest absolute Gasteiger partial charge is 0.0540 e. The molecule has 8 rings (SSSR count). The zero-order valence-electron chi connectivity index (χ0n) is 27.4. The largest absolute Gasteiger partial charge is 0.310 e.